The number of thioether (sulfide) groups is 1. The minimum absolute atomic E-state index is 0.269. The van der Waals surface area contributed by atoms with E-state index in [2.05, 4.69) is 30.2 Å². The Kier molecular flexibility index (Phi) is 7.05. The van der Waals surface area contributed by atoms with E-state index in [0.29, 0.717) is 5.92 Å². The average molecular weight is 254 g/mol. The topological polar surface area (TPSA) is 45.1 Å². The van der Waals surface area contributed by atoms with Gasteiger partial charge in [0.25, 0.3) is 0 Å². The molecule has 0 aliphatic carbocycles. The summed E-state index contributed by atoms with van der Waals surface area (Å²) >= 11 is 1.84. The smallest absolute Gasteiger partial charge is 0.125 e. The fourth-order valence-electron chi connectivity index (χ4n) is 1.30. The molecule has 0 aromatic carbocycles. The number of hydrogen-bond donors (Lipinski definition) is 2. The van der Waals surface area contributed by atoms with Gasteiger partial charge in [0.1, 0.15) is 5.82 Å². The first-order chi connectivity index (χ1) is 8.26. The van der Waals surface area contributed by atoms with Gasteiger partial charge in [-0.05, 0) is 29.7 Å². The van der Waals surface area contributed by atoms with Crippen LogP contribution in [0.2, 0.25) is 0 Å². The zero-order valence-electron chi connectivity index (χ0n) is 10.6. The third-order valence-corrected chi connectivity index (χ3v) is 3.71. The molecule has 0 radical (unpaired) electrons. The van der Waals surface area contributed by atoms with Crippen LogP contribution in [0, 0.1) is 5.92 Å². The Balaban J connectivity index is 2.30. The summed E-state index contributed by atoms with van der Waals surface area (Å²) < 4.78 is 0. The van der Waals surface area contributed by atoms with Gasteiger partial charge in [-0.15, -0.1) is 0 Å². The van der Waals surface area contributed by atoms with Crippen LogP contribution < -0.4 is 5.32 Å². The molecule has 1 unspecified atom stereocenters. The maximum Gasteiger partial charge on any atom is 0.125 e. The van der Waals surface area contributed by atoms with Crippen LogP contribution in [-0.4, -0.2) is 29.0 Å². The second kappa shape index (κ2) is 8.37. The summed E-state index contributed by atoms with van der Waals surface area (Å²) in [5.74, 6) is 3.28. The molecule has 1 aromatic rings. The molecule has 0 saturated heterocycles. The minimum Gasteiger partial charge on any atom is -0.396 e. The second-order valence-electron chi connectivity index (χ2n) is 4.28. The number of nitrogens with one attached hydrogen (secondary N) is 1. The first-order valence-corrected chi connectivity index (χ1v) is 7.29. The Labute approximate surface area is 108 Å². The molecule has 17 heavy (non-hydrogen) atoms. The van der Waals surface area contributed by atoms with Gasteiger partial charge in [-0.25, -0.2) is 4.98 Å². The van der Waals surface area contributed by atoms with Crippen molar-refractivity contribution in [2.24, 2.45) is 5.92 Å². The number of aliphatic hydroxyl groups excluding tert-OH is 1. The monoisotopic (exact) mass is 254 g/mol. The van der Waals surface area contributed by atoms with Crippen LogP contribution in [0.15, 0.2) is 18.3 Å². The third-order valence-electron chi connectivity index (χ3n) is 2.36. The Hall–Kier alpha value is -0.740. The molecule has 0 bridgehead atoms. The lowest BCUT2D eigenvalue weighted by Gasteiger charge is -2.08. The molecule has 0 aliphatic rings. The standard InChI is InChI=1S/C13H22N2OS/c1-3-6-14-13-5-4-12(7-15-13)10-17-9-11(2)8-16/h4-5,7,11,16H,3,6,8-10H2,1-2H3,(H,14,15). The van der Waals surface area contributed by atoms with Gasteiger partial charge in [-0.1, -0.05) is 19.9 Å². The van der Waals surface area contributed by atoms with E-state index in [1.807, 2.05) is 24.0 Å². The van der Waals surface area contributed by atoms with Crippen molar-refractivity contribution in [1.29, 1.82) is 0 Å². The first-order valence-electron chi connectivity index (χ1n) is 6.13. The van der Waals surface area contributed by atoms with Crippen LogP contribution in [0.25, 0.3) is 0 Å². The normalized spacial score (nSPS) is 12.4. The highest BCUT2D eigenvalue weighted by Crippen LogP contribution is 2.15. The quantitative estimate of drug-likeness (QED) is 0.749. The van der Waals surface area contributed by atoms with Crippen molar-refractivity contribution in [2.75, 3.05) is 24.2 Å². The van der Waals surface area contributed by atoms with Crippen molar-refractivity contribution >= 4 is 17.6 Å². The number of aromatic nitrogens is 1. The number of pyridine rings is 1. The Bertz CT molecular complexity index is 303. The lowest BCUT2D eigenvalue weighted by atomic mass is 10.2. The second-order valence-corrected chi connectivity index (χ2v) is 5.31. The summed E-state index contributed by atoms with van der Waals surface area (Å²) in [4.78, 5) is 4.36. The Morgan fingerprint density at radius 2 is 2.29 bits per heavy atom. The predicted octanol–water partition coefficient (Wildman–Crippen LogP) is 2.77. The van der Waals surface area contributed by atoms with Crippen LogP contribution in [0.4, 0.5) is 5.82 Å². The van der Waals surface area contributed by atoms with E-state index in [-0.39, 0.29) is 6.61 Å². The van der Waals surface area contributed by atoms with Crippen molar-refractivity contribution in [2.45, 2.75) is 26.0 Å². The molecule has 1 heterocycles. The van der Waals surface area contributed by atoms with Gasteiger partial charge in [0.15, 0.2) is 0 Å². The summed E-state index contributed by atoms with van der Waals surface area (Å²) in [6.45, 7) is 5.43. The molecular weight excluding hydrogens is 232 g/mol. The molecule has 0 saturated carbocycles. The van der Waals surface area contributed by atoms with Crippen molar-refractivity contribution in [3.05, 3.63) is 23.9 Å². The van der Waals surface area contributed by atoms with E-state index >= 15 is 0 Å². The molecule has 1 aromatic heterocycles. The summed E-state index contributed by atoms with van der Waals surface area (Å²) in [7, 11) is 0. The fourth-order valence-corrected chi connectivity index (χ4v) is 2.33. The molecule has 0 aliphatic heterocycles. The zero-order valence-corrected chi connectivity index (χ0v) is 11.5. The number of aliphatic hydroxyl groups is 1. The molecule has 3 nitrogen and oxygen atoms in total. The summed E-state index contributed by atoms with van der Waals surface area (Å²) in [5.41, 5.74) is 1.24. The number of rotatable bonds is 8. The van der Waals surface area contributed by atoms with Crippen molar-refractivity contribution in [3.63, 3.8) is 0 Å². The highest BCUT2D eigenvalue weighted by atomic mass is 32.2. The summed E-state index contributed by atoms with van der Waals surface area (Å²) in [6, 6.07) is 4.14. The molecule has 96 valence electrons. The molecule has 0 fully saturated rings. The average Bonchev–Trinajstić information content (AvgIpc) is 2.37. The van der Waals surface area contributed by atoms with Crippen molar-refractivity contribution < 1.29 is 5.11 Å². The van der Waals surface area contributed by atoms with E-state index in [1.54, 1.807) is 0 Å². The molecule has 4 heteroatoms. The lowest BCUT2D eigenvalue weighted by Crippen LogP contribution is -2.04. The lowest BCUT2D eigenvalue weighted by molar-refractivity contribution is 0.250. The maximum absolute atomic E-state index is 8.92. The van der Waals surface area contributed by atoms with E-state index in [0.717, 1.165) is 30.3 Å². The van der Waals surface area contributed by atoms with E-state index in [9.17, 15) is 0 Å². The number of anilines is 1. The van der Waals surface area contributed by atoms with Gasteiger partial charge in [-0.2, -0.15) is 11.8 Å². The highest BCUT2D eigenvalue weighted by molar-refractivity contribution is 7.98. The van der Waals surface area contributed by atoms with Gasteiger partial charge in [-0.3, -0.25) is 0 Å². The number of hydrogen-bond acceptors (Lipinski definition) is 4. The summed E-state index contributed by atoms with van der Waals surface area (Å²) in [5, 5.41) is 12.2. The van der Waals surface area contributed by atoms with Crippen molar-refractivity contribution in [1.82, 2.24) is 4.98 Å². The van der Waals surface area contributed by atoms with Gasteiger partial charge in [0.05, 0.1) is 0 Å². The minimum atomic E-state index is 0.269. The molecule has 1 rings (SSSR count). The van der Waals surface area contributed by atoms with E-state index in [4.69, 9.17) is 5.11 Å². The van der Waals surface area contributed by atoms with E-state index in [1.165, 1.54) is 5.56 Å². The van der Waals surface area contributed by atoms with Gasteiger partial charge >= 0.3 is 0 Å². The first kappa shape index (κ1) is 14.3. The van der Waals surface area contributed by atoms with Gasteiger partial charge in [0, 0.05) is 25.1 Å². The predicted molar refractivity (Wildman–Crippen MR) is 75.4 cm³/mol. The molecule has 2 N–H and O–H groups in total. The Morgan fingerprint density at radius 1 is 1.47 bits per heavy atom. The van der Waals surface area contributed by atoms with Crippen LogP contribution in [-0.2, 0) is 5.75 Å². The number of nitrogens with zero attached hydrogens (tertiary/aromatic N) is 1. The SMILES string of the molecule is CCCNc1ccc(CSCC(C)CO)cn1. The zero-order chi connectivity index (χ0) is 12.5. The van der Waals surface area contributed by atoms with Crippen LogP contribution in [0.5, 0.6) is 0 Å². The van der Waals surface area contributed by atoms with Crippen LogP contribution in [0.3, 0.4) is 0 Å². The van der Waals surface area contributed by atoms with E-state index < -0.39 is 0 Å². The van der Waals surface area contributed by atoms with Crippen LogP contribution in [0.1, 0.15) is 25.8 Å². The van der Waals surface area contributed by atoms with Gasteiger partial charge < -0.3 is 10.4 Å². The third kappa shape index (κ3) is 5.94. The largest absolute Gasteiger partial charge is 0.396 e. The highest BCUT2D eigenvalue weighted by Gasteiger charge is 2.01. The molecular formula is C13H22N2OS. The van der Waals surface area contributed by atoms with Crippen molar-refractivity contribution in [3.8, 4) is 0 Å². The molecule has 0 amide bonds. The fraction of sp³-hybridized carbons (Fsp3) is 0.615. The molecule has 0 spiro atoms. The van der Waals surface area contributed by atoms with Gasteiger partial charge in [0.2, 0.25) is 0 Å². The Morgan fingerprint density at radius 3 is 2.88 bits per heavy atom. The van der Waals surface area contributed by atoms with Crippen LogP contribution >= 0.6 is 11.8 Å². The summed E-state index contributed by atoms with van der Waals surface area (Å²) in [6.07, 6.45) is 3.03. The maximum atomic E-state index is 8.92. The molecule has 1 atom stereocenters.